The van der Waals surface area contributed by atoms with E-state index in [1.165, 1.54) is 0 Å². The Morgan fingerprint density at radius 2 is 2.50 bits per heavy atom. The quantitative estimate of drug-likeness (QED) is 0.677. The molecule has 1 aromatic rings. The van der Waals surface area contributed by atoms with Gasteiger partial charge < -0.3 is 9.30 Å². The molecule has 3 nitrogen and oxygen atoms in total. The SMILES string of the molecule is COC(C)Cn1cccc1C#N. The molecule has 0 aliphatic carbocycles. The summed E-state index contributed by atoms with van der Waals surface area (Å²) in [6.07, 6.45) is 2.03. The molecule has 0 saturated heterocycles. The van der Waals surface area contributed by atoms with Crippen molar-refractivity contribution in [3.8, 4) is 6.07 Å². The van der Waals surface area contributed by atoms with Gasteiger partial charge in [0.25, 0.3) is 0 Å². The fraction of sp³-hybridized carbons (Fsp3) is 0.444. The predicted molar refractivity (Wildman–Crippen MR) is 45.6 cm³/mol. The van der Waals surface area contributed by atoms with E-state index in [-0.39, 0.29) is 6.10 Å². The zero-order valence-electron chi connectivity index (χ0n) is 7.32. The van der Waals surface area contributed by atoms with Gasteiger partial charge in [-0.15, -0.1) is 0 Å². The second-order valence-electron chi connectivity index (χ2n) is 2.70. The van der Waals surface area contributed by atoms with Crippen molar-refractivity contribution in [3.05, 3.63) is 24.0 Å². The predicted octanol–water partition coefficient (Wildman–Crippen LogP) is 1.39. The number of ether oxygens (including phenoxy) is 1. The van der Waals surface area contributed by atoms with Gasteiger partial charge in [0.05, 0.1) is 6.10 Å². The smallest absolute Gasteiger partial charge is 0.120 e. The molecule has 12 heavy (non-hydrogen) atoms. The van der Waals surface area contributed by atoms with Crippen LogP contribution in [0.2, 0.25) is 0 Å². The summed E-state index contributed by atoms with van der Waals surface area (Å²) in [5.41, 5.74) is 0.680. The van der Waals surface area contributed by atoms with Crippen LogP contribution in [0.5, 0.6) is 0 Å². The van der Waals surface area contributed by atoms with Crippen LogP contribution in [-0.2, 0) is 11.3 Å². The molecule has 0 fully saturated rings. The van der Waals surface area contributed by atoms with Crippen molar-refractivity contribution in [3.63, 3.8) is 0 Å². The van der Waals surface area contributed by atoms with Crippen molar-refractivity contribution < 1.29 is 4.74 Å². The molecule has 0 aromatic carbocycles. The first-order valence-electron chi connectivity index (χ1n) is 3.86. The summed E-state index contributed by atoms with van der Waals surface area (Å²) in [5, 5.41) is 8.68. The summed E-state index contributed by atoms with van der Waals surface area (Å²) in [6, 6.07) is 5.77. The molecule has 3 heteroatoms. The Morgan fingerprint density at radius 1 is 1.75 bits per heavy atom. The van der Waals surface area contributed by atoms with Gasteiger partial charge in [0, 0.05) is 19.9 Å². The van der Waals surface area contributed by atoms with E-state index >= 15 is 0 Å². The van der Waals surface area contributed by atoms with Crippen molar-refractivity contribution in [1.82, 2.24) is 4.57 Å². The van der Waals surface area contributed by atoms with Crippen molar-refractivity contribution in [2.75, 3.05) is 7.11 Å². The van der Waals surface area contributed by atoms with Crippen LogP contribution in [-0.4, -0.2) is 17.8 Å². The van der Waals surface area contributed by atoms with Gasteiger partial charge in [-0.25, -0.2) is 0 Å². The maximum Gasteiger partial charge on any atom is 0.120 e. The van der Waals surface area contributed by atoms with Gasteiger partial charge >= 0.3 is 0 Å². The maximum atomic E-state index is 8.68. The average Bonchev–Trinajstić information content (AvgIpc) is 2.51. The Kier molecular flexibility index (Phi) is 2.89. The highest BCUT2D eigenvalue weighted by Crippen LogP contribution is 2.02. The van der Waals surface area contributed by atoms with Gasteiger partial charge in [0.15, 0.2) is 0 Å². The largest absolute Gasteiger partial charge is 0.380 e. The Labute approximate surface area is 72.2 Å². The van der Waals surface area contributed by atoms with E-state index in [2.05, 4.69) is 6.07 Å². The number of methoxy groups -OCH3 is 1. The number of hydrogen-bond donors (Lipinski definition) is 0. The lowest BCUT2D eigenvalue weighted by atomic mass is 10.4. The lowest BCUT2D eigenvalue weighted by Crippen LogP contribution is -2.14. The molecule has 1 aromatic heterocycles. The zero-order chi connectivity index (χ0) is 8.97. The van der Waals surface area contributed by atoms with Crippen molar-refractivity contribution in [2.24, 2.45) is 0 Å². The zero-order valence-corrected chi connectivity index (χ0v) is 7.32. The van der Waals surface area contributed by atoms with E-state index in [0.29, 0.717) is 5.69 Å². The summed E-state index contributed by atoms with van der Waals surface area (Å²) < 4.78 is 6.98. The molecule has 0 aliphatic heterocycles. The van der Waals surface area contributed by atoms with E-state index in [1.54, 1.807) is 13.2 Å². The summed E-state index contributed by atoms with van der Waals surface area (Å²) in [6.45, 7) is 2.70. The molecule has 0 saturated carbocycles. The van der Waals surface area contributed by atoms with Crippen LogP contribution in [0.25, 0.3) is 0 Å². The van der Waals surface area contributed by atoms with E-state index in [0.717, 1.165) is 6.54 Å². The molecule has 0 radical (unpaired) electrons. The highest BCUT2D eigenvalue weighted by atomic mass is 16.5. The van der Waals surface area contributed by atoms with E-state index in [9.17, 15) is 0 Å². The van der Waals surface area contributed by atoms with Gasteiger partial charge in [0.2, 0.25) is 0 Å². The van der Waals surface area contributed by atoms with Crippen LogP contribution < -0.4 is 0 Å². The fourth-order valence-electron chi connectivity index (χ4n) is 1.03. The van der Waals surface area contributed by atoms with Gasteiger partial charge in [-0.1, -0.05) is 0 Å². The molecule has 0 N–H and O–H groups in total. The number of nitriles is 1. The van der Waals surface area contributed by atoms with E-state index < -0.39 is 0 Å². The Balaban J connectivity index is 2.69. The second kappa shape index (κ2) is 3.93. The van der Waals surface area contributed by atoms with Crippen molar-refractivity contribution in [1.29, 1.82) is 5.26 Å². The topological polar surface area (TPSA) is 38.0 Å². The molecule has 0 spiro atoms. The minimum absolute atomic E-state index is 0.143. The maximum absolute atomic E-state index is 8.68. The minimum atomic E-state index is 0.143. The van der Waals surface area contributed by atoms with Gasteiger partial charge in [-0.3, -0.25) is 0 Å². The third-order valence-corrected chi connectivity index (χ3v) is 1.80. The average molecular weight is 164 g/mol. The number of nitrogens with zero attached hydrogens (tertiary/aromatic N) is 2. The highest BCUT2D eigenvalue weighted by molar-refractivity contribution is 5.21. The number of aromatic nitrogens is 1. The van der Waals surface area contributed by atoms with Crippen LogP contribution in [0.1, 0.15) is 12.6 Å². The Hall–Kier alpha value is -1.27. The molecule has 1 unspecified atom stereocenters. The van der Waals surface area contributed by atoms with Crippen LogP contribution in [0, 0.1) is 11.3 Å². The van der Waals surface area contributed by atoms with Crippen LogP contribution in [0.15, 0.2) is 18.3 Å². The van der Waals surface area contributed by atoms with Gasteiger partial charge in [0.1, 0.15) is 11.8 Å². The summed E-state index contributed by atoms with van der Waals surface area (Å²) in [4.78, 5) is 0. The minimum Gasteiger partial charge on any atom is -0.380 e. The molecule has 0 amide bonds. The molecule has 0 bridgehead atoms. The lowest BCUT2D eigenvalue weighted by molar-refractivity contribution is 0.103. The molecule has 1 heterocycles. The third kappa shape index (κ3) is 1.86. The summed E-state index contributed by atoms with van der Waals surface area (Å²) in [7, 11) is 1.67. The standard InChI is InChI=1S/C9H12N2O/c1-8(12-2)7-11-5-3-4-9(11)6-10/h3-5,8H,7H2,1-2H3. The van der Waals surface area contributed by atoms with Gasteiger partial charge in [-0.2, -0.15) is 5.26 Å². The first kappa shape index (κ1) is 8.82. The molecule has 1 rings (SSSR count). The monoisotopic (exact) mass is 164 g/mol. The van der Waals surface area contributed by atoms with E-state index in [4.69, 9.17) is 10.00 Å². The molecule has 0 aliphatic rings. The molecule has 64 valence electrons. The molecule has 1 atom stereocenters. The van der Waals surface area contributed by atoms with E-state index in [1.807, 2.05) is 23.8 Å². The first-order chi connectivity index (χ1) is 5.77. The first-order valence-corrected chi connectivity index (χ1v) is 3.86. The molecular weight excluding hydrogens is 152 g/mol. The second-order valence-corrected chi connectivity index (χ2v) is 2.70. The number of rotatable bonds is 3. The Morgan fingerprint density at radius 3 is 3.08 bits per heavy atom. The third-order valence-electron chi connectivity index (χ3n) is 1.80. The fourth-order valence-corrected chi connectivity index (χ4v) is 1.03. The van der Waals surface area contributed by atoms with Gasteiger partial charge in [-0.05, 0) is 19.1 Å². The summed E-state index contributed by atoms with van der Waals surface area (Å²) in [5.74, 6) is 0. The molecular formula is C9H12N2O. The van der Waals surface area contributed by atoms with Crippen LogP contribution in [0.4, 0.5) is 0 Å². The normalized spacial score (nSPS) is 12.4. The number of hydrogen-bond acceptors (Lipinski definition) is 2. The highest BCUT2D eigenvalue weighted by Gasteiger charge is 2.03. The van der Waals surface area contributed by atoms with Crippen molar-refractivity contribution in [2.45, 2.75) is 19.6 Å². The van der Waals surface area contributed by atoms with Crippen LogP contribution in [0.3, 0.4) is 0 Å². The Bertz CT molecular complexity index is 285. The van der Waals surface area contributed by atoms with Crippen LogP contribution >= 0.6 is 0 Å². The lowest BCUT2D eigenvalue weighted by Gasteiger charge is -2.10. The van der Waals surface area contributed by atoms with Crippen molar-refractivity contribution >= 4 is 0 Å². The summed E-state index contributed by atoms with van der Waals surface area (Å²) >= 11 is 0.